The van der Waals surface area contributed by atoms with Gasteiger partial charge in [-0.2, -0.15) is 0 Å². The average molecular weight is 591 g/mol. The van der Waals surface area contributed by atoms with Crippen LogP contribution in [0.1, 0.15) is 107 Å². The highest BCUT2D eigenvalue weighted by Crippen LogP contribution is 2.73. The van der Waals surface area contributed by atoms with Crippen molar-refractivity contribution < 1.29 is 34.0 Å². The SMILES string of the molecule is CCOC(C)(C)[C@@H](O)[C@H]1C[C@@H]([C@H]2CC=C3[C@]4(C)[C@H](O)C[C@H]5C(C)(C)[C@H](OC(C)=O)CC[C@]5(C)[C@H]4CC[C@]32C)[C@H](OC)O1. The Morgan fingerprint density at radius 1 is 1.12 bits per heavy atom. The first-order chi connectivity index (χ1) is 19.5. The van der Waals surface area contributed by atoms with E-state index in [-0.39, 0.29) is 58.0 Å². The summed E-state index contributed by atoms with van der Waals surface area (Å²) in [5.41, 5.74) is 0.195. The lowest BCUT2D eigenvalue weighted by molar-refractivity contribution is -0.221. The monoisotopic (exact) mass is 590 g/mol. The van der Waals surface area contributed by atoms with Crippen molar-refractivity contribution in [2.24, 2.45) is 45.3 Å². The highest BCUT2D eigenvalue weighted by molar-refractivity contribution is 5.66. The second-order valence-electron chi connectivity index (χ2n) is 16.2. The quantitative estimate of drug-likeness (QED) is 0.275. The Morgan fingerprint density at radius 3 is 2.43 bits per heavy atom. The van der Waals surface area contributed by atoms with E-state index < -0.39 is 17.8 Å². The van der Waals surface area contributed by atoms with E-state index in [2.05, 4.69) is 40.7 Å². The molecule has 0 aromatic carbocycles. The van der Waals surface area contributed by atoms with E-state index in [1.54, 1.807) is 7.11 Å². The summed E-state index contributed by atoms with van der Waals surface area (Å²) < 4.78 is 24.1. The molecule has 0 bridgehead atoms. The molecule has 4 aliphatic carbocycles. The minimum Gasteiger partial charge on any atom is -0.462 e. The molecule has 1 saturated heterocycles. The van der Waals surface area contributed by atoms with Gasteiger partial charge in [-0.15, -0.1) is 0 Å². The van der Waals surface area contributed by atoms with E-state index in [0.717, 1.165) is 44.9 Å². The lowest BCUT2D eigenvalue weighted by Crippen LogP contribution is -2.65. The summed E-state index contributed by atoms with van der Waals surface area (Å²) in [7, 11) is 1.71. The Morgan fingerprint density at radius 2 is 1.81 bits per heavy atom. The molecule has 0 unspecified atom stereocenters. The molecule has 0 aromatic rings. The van der Waals surface area contributed by atoms with E-state index in [1.165, 1.54) is 12.5 Å². The van der Waals surface area contributed by atoms with Gasteiger partial charge in [-0.25, -0.2) is 0 Å². The number of rotatable bonds is 7. The normalized spacial score (nSPS) is 47.2. The summed E-state index contributed by atoms with van der Waals surface area (Å²) in [6.07, 6.45) is 6.81. The zero-order valence-corrected chi connectivity index (χ0v) is 27.9. The highest BCUT2D eigenvalue weighted by Gasteiger charge is 2.69. The number of ether oxygens (including phenoxy) is 4. The van der Waals surface area contributed by atoms with Crippen LogP contribution in [0.4, 0.5) is 0 Å². The molecule has 0 amide bonds. The molecule has 0 radical (unpaired) electrons. The first-order valence-corrected chi connectivity index (χ1v) is 16.5. The molecule has 4 fully saturated rings. The first kappa shape index (κ1) is 32.4. The second-order valence-corrected chi connectivity index (χ2v) is 16.2. The number of esters is 1. The topological polar surface area (TPSA) is 94.5 Å². The van der Waals surface area contributed by atoms with Gasteiger partial charge >= 0.3 is 5.97 Å². The molecule has 0 aromatic heterocycles. The summed E-state index contributed by atoms with van der Waals surface area (Å²) in [6.45, 7) is 19.6. The van der Waals surface area contributed by atoms with Gasteiger partial charge in [0.05, 0.1) is 17.8 Å². The summed E-state index contributed by atoms with van der Waals surface area (Å²) in [5.74, 6) is 0.879. The van der Waals surface area contributed by atoms with E-state index in [4.69, 9.17) is 18.9 Å². The van der Waals surface area contributed by atoms with Crippen molar-refractivity contribution in [2.75, 3.05) is 13.7 Å². The molecule has 2 N–H and O–H groups in total. The maximum atomic E-state index is 12.1. The molecule has 5 rings (SSSR count). The average Bonchev–Trinajstić information content (AvgIpc) is 3.48. The van der Waals surface area contributed by atoms with Crippen LogP contribution in [0.15, 0.2) is 11.6 Å². The van der Waals surface area contributed by atoms with Gasteiger partial charge in [0.15, 0.2) is 6.29 Å². The van der Waals surface area contributed by atoms with Gasteiger partial charge < -0.3 is 29.2 Å². The van der Waals surface area contributed by atoms with Crippen LogP contribution < -0.4 is 0 Å². The van der Waals surface area contributed by atoms with Crippen molar-refractivity contribution >= 4 is 5.97 Å². The van der Waals surface area contributed by atoms with Crippen LogP contribution in [0.2, 0.25) is 0 Å². The fraction of sp³-hybridized carbons (Fsp3) is 0.914. The van der Waals surface area contributed by atoms with Crippen LogP contribution in [-0.2, 0) is 23.7 Å². The van der Waals surface area contributed by atoms with E-state index in [9.17, 15) is 15.0 Å². The molecule has 12 atom stereocenters. The molecule has 5 aliphatic rings. The molecule has 3 saturated carbocycles. The summed E-state index contributed by atoms with van der Waals surface area (Å²) in [4.78, 5) is 11.9. The van der Waals surface area contributed by atoms with Crippen molar-refractivity contribution in [1.82, 2.24) is 0 Å². The predicted octanol–water partition coefficient (Wildman–Crippen LogP) is 6.05. The molecular weight excluding hydrogens is 532 g/mol. The maximum absolute atomic E-state index is 12.1. The predicted molar refractivity (Wildman–Crippen MR) is 161 cm³/mol. The Bertz CT molecular complexity index is 1070. The Kier molecular flexibility index (Phi) is 8.35. The van der Waals surface area contributed by atoms with Crippen LogP contribution in [0.3, 0.4) is 0 Å². The third-order valence-corrected chi connectivity index (χ3v) is 13.5. The number of fused-ring (bicyclic) bond motifs is 5. The zero-order chi connectivity index (χ0) is 31.0. The lowest BCUT2D eigenvalue weighted by atomic mass is 9.37. The van der Waals surface area contributed by atoms with Gasteiger partial charge in [0.1, 0.15) is 12.2 Å². The van der Waals surface area contributed by atoms with Gasteiger partial charge in [0.2, 0.25) is 0 Å². The molecule has 0 spiro atoms. The Hall–Kier alpha value is -0.990. The van der Waals surface area contributed by atoms with Gasteiger partial charge in [-0.05, 0) is 94.3 Å². The lowest BCUT2D eigenvalue weighted by Gasteiger charge is -2.68. The van der Waals surface area contributed by atoms with Crippen LogP contribution in [0, 0.1) is 45.3 Å². The van der Waals surface area contributed by atoms with Crippen LogP contribution in [0.5, 0.6) is 0 Å². The van der Waals surface area contributed by atoms with E-state index >= 15 is 0 Å². The zero-order valence-electron chi connectivity index (χ0n) is 27.9. The third kappa shape index (κ3) is 4.66. The second kappa shape index (κ2) is 10.8. The third-order valence-electron chi connectivity index (χ3n) is 13.5. The summed E-state index contributed by atoms with van der Waals surface area (Å²) >= 11 is 0. The molecule has 7 nitrogen and oxygen atoms in total. The molecular formula is C35H58O7. The van der Waals surface area contributed by atoms with Crippen molar-refractivity contribution in [3.63, 3.8) is 0 Å². The number of aliphatic hydroxyl groups is 2. The fourth-order valence-corrected chi connectivity index (χ4v) is 11.4. The van der Waals surface area contributed by atoms with Crippen molar-refractivity contribution in [2.45, 2.75) is 144 Å². The Labute approximate surface area is 254 Å². The number of carbonyl (C=O) groups excluding carboxylic acids is 1. The minimum absolute atomic E-state index is 0.0555. The van der Waals surface area contributed by atoms with Gasteiger partial charge in [0.25, 0.3) is 0 Å². The summed E-state index contributed by atoms with van der Waals surface area (Å²) in [5, 5.41) is 23.4. The van der Waals surface area contributed by atoms with Gasteiger partial charge in [-0.3, -0.25) is 4.79 Å². The standard InChI is InChI=1S/C35H58O7/c1-11-40-32(5,6)29(38)23-18-21(30(39-10)42-23)22-12-13-24-33(22,7)16-14-25-34(8)17-15-28(41-20(2)36)31(3,4)26(34)19-27(37)35(24,25)9/h13,21-23,25-30,37-38H,11-12,14-19H2,1-10H3/t21-,22+,23+,25+,26-,27+,28+,29-,30+,33-,34+,35-/m0/s1. The summed E-state index contributed by atoms with van der Waals surface area (Å²) in [6, 6.07) is 0. The van der Waals surface area contributed by atoms with E-state index in [0.29, 0.717) is 18.4 Å². The van der Waals surface area contributed by atoms with Crippen molar-refractivity contribution in [1.29, 1.82) is 0 Å². The number of allylic oxidation sites excluding steroid dienone is 1. The minimum atomic E-state index is -0.752. The number of methoxy groups -OCH3 is 1. The van der Waals surface area contributed by atoms with Crippen LogP contribution >= 0.6 is 0 Å². The number of hydrogen-bond donors (Lipinski definition) is 2. The van der Waals surface area contributed by atoms with Gasteiger partial charge in [0, 0.05) is 37.4 Å². The molecule has 42 heavy (non-hydrogen) atoms. The van der Waals surface area contributed by atoms with Crippen LogP contribution in [0.25, 0.3) is 0 Å². The highest BCUT2D eigenvalue weighted by atomic mass is 16.7. The largest absolute Gasteiger partial charge is 0.462 e. The molecule has 240 valence electrons. The first-order valence-electron chi connectivity index (χ1n) is 16.5. The molecule has 1 aliphatic heterocycles. The van der Waals surface area contributed by atoms with Crippen molar-refractivity contribution in [3.05, 3.63) is 11.6 Å². The van der Waals surface area contributed by atoms with Gasteiger partial charge in [-0.1, -0.05) is 46.3 Å². The molecule has 1 heterocycles. The maximum Gasteiger partial charge on any atom is 0.302 e. The Balaban J connectivity index is 1.41. The van der Waals surface area contributed by atoms with Crippen LogP contribution in [-0.4, -0.2) is 66.2 Å². The molecule has 7 heteroatoms. The number of aliphatic hydroxyl groups excluding tert-OH is 2. The number of hydrogen-bond acceptors (Lipinski definition) is 7. The van der Waals surface area contributed by atoms with Crippen molar-refractivity contribution in [3.8, 4) is 0 Å². The van der Waals surface area contributed by atoms with E-state index in [1.807, 2.05) is 20.8 Å². The smallest absolute Gasteiger partial charge is 0.302 e. The number of carbonyl (C=O) groups is 1. The fourth-order valence-electron chi connectivity index (χ4n) is 11.4.